The smallest absolute Gasteiger partial charge is 0.146 e. The minimum Gasteiger partial charge on any atom is -0.507 e. The van der Waals surface area contributed by atoms with Crippen LogP contribution in [0.2, 0.25) is 0 Å². The monoisotopic (exact) mass is 292 g/mol. The number of furan rings is 1. The molecule has 0 spiro atoms. The first-order chi connectivity index (χ1) is 8.25. The summed E-state index contributed by atoms with van der Waals surface area (Å²) in [6.07, 6.45) is 4.52. The lowest BCUT2D eigenvalue weighted by molar-refractivity contribution is 0.474. The molecule has 0 saturated carbocycles. The van der Waals surface area contributed by atoms with Crippen LogP contribution in [0.25, 0.3) is 0 Å². The van der Waals surface area contributed by atoms with Crippen molar-refractivity contribution in [3.63, 3.8) is 0 Å². The summed E-state index contributed by atoms with van der Waals surface area (Å²) in [7, 11) is 0. The van der Waals surface area contributed by atoms with Gasteiger partial charge >= 0.3 is 0 Å². The van der Waals surface area contributed by atoms with Gasteiger partial charge in [0.1, 0.15) is 11.5 Å². The quantitative estimate of drug-likeness (QED) is 0.698. The summed E-state index contributed by atoms with van der Waals surface area (Å²) in [4.78, 5) is 0. The number of aromatic hydroxyl groups is 1. The Balaban J connectivity index is 2.08. The topological polar surface area (TPSA) is 58.1 Å². The van der Waals surface area contributed by atoms with Gasteiger partial charge in [-0.25, -0.2) is 0 Å². The number of hydrogen-bond donors (Lipinski definition) is 1. The van der Waals surface area contributed by atoms with Crippen molar-refractivity contribution < 1.29 is 9.52 Å². The zero-order valence-corrected chi connectivity index (χ0v) is 10.3. The Morgan fingerprint density at radius 3 is 2.76 bits per heavy atom. The van der Waals surface area contributed by atoms with E-state index in [9.17, 15) is 5.11 Å². The third kappa shape index (κ3) is 3.29. The van der Waals surface area contributed by atoms with Gasteiger partial charge in [0.05, 0.1) is 18.7 Å². The zero-order chi connectivity index (χ0) is 12.1. The van der Waals surface area contributed by atoms with Crippen LogP contribution in [0.4, 0.5) is 0 Å². The molecule has 5 heteroatoms. The average molecular weight is 293 g/mol. The maximum absolute atomic E-state index is 9.54. The third-order valence-corrected chi connectivity index (χ3v) is 2.47. The molecule has 1 aromatic heterocycles. The van der Waals surface area contributed by atoms with E-state index in [4.69, 9.17) is 4.42 Å². The second-order valence-electron chi connectivity index (χ2n) is 3.21. The first-order valence-electron chi connectivity index (χ1n) is 4.84. The molecule has 17 heavy (non-hydrogen) atoms. The lowest BCUT2D eigenvalue weighted by Crippen LogP contribution is -1.82. The van der Waals surface area contributed by atoms with E-state index in [1.54, 1.807) is 36.6 Å². The summed E-state index contributed by atoms with van der Waals surface area (Å²) in [5, 5.41) is 17.2. The molecular weight excluding hydrogens is 284 g/mol. The van der Waals surface area contributed by atoms with Gasteiger partial charge in [0.2, 0.25) is 0 Å². The Labute approximate surface area is 106 Å². The summed E-state index contributed by atoms with van der Waals surface area (Å²) in [5.74, 6) is 0.783. The molecule has 1 heterocycles. The van der Waals surface area contributed by atoms with E-state index in [1.165, 1.54) is 12.4 Å². The van der Waals surface area contributed by atoms with Crippen LogP contribution in [0.15, 0.2) is 55.7 Å². The van der Waals surface area contributed by atoms with E-state index >= 15 is 0 Å². The van der Waals surface area contributed by atoms with Gasteiger partial charge in [-0.15, -0.1) is 0 Å². The fourth-order valence-electron chi connectivity index (χ4n) is 1.18. The highest BCUT2D eigenvalue weighted by molar-refractivity contribution is 9.10. The number of rotatable bonds is 3. The highest BCUT2D eigenvalue weighted by Gasteiger charge is 1.97. The molecule has 86 valence electrons. The second kappa shape index (κ2) is 5.45. The highest BCUT2D eigenvalue weighted by Crippen LogP contribution is 2.19. The summed E-state index contributed by atoms with van der Waals surface area (Å²) < 4.78 is 5.92. The molecule has 0 aliphatic rings. The molecule has 2 rings (SSSR count). The van der Waals surface area contributed by atoms with Gasteiger partial charge < -0.3 is 9.52 Å². The SMILES string of the molecule is Oc1ccc(Br)cc1/C=N/N=C\c1ccco1. The third-order valence-electron chi connectivity index (χ3n) is 1.98. The van der Waals surface area contributed by atoms with Crippen molar-refractivity contribution in [1.82, 2.24) is 0 Å². The number of phenolic OH excluding ortho intramolecular Hbond substituents is 1. The van der Waals surface area contributed by atoms with Crippen LogP contribution in [0.5, 0.6) is 5.75 Å². The van der Waals surface area contributed by atoms with Crippen LogP contribution in [0, 0.1) is 0 Å². The Morgan fingerprint density at radius 2 is 2.00 bits per heavy atom. The van der Waals surface area contributed by atoms with Crippen molar-refractivity contribution in [2.75, 3.05) is 0 Å². The van der Waals surface area contributed by atoms with Crippen LogP contribution in [-0.2, 0) is 0 Å². The van der Waals surface area contributed by atoms with Gasteiger partial charge in [-0.1, -0.05) is 15.9 Å². The maximum atomic E-state index is 9.54. The average Bonchev–Trinajstić information content (AvgIpc) is 2.82. The minimum absolute atomic E-state index is 0.158. The predicted octanol–water partition coefficient (Wildman–Crippen LogP) is 3.20. The number of benzene rings is 1. The maximum Gasteiger partial charge on any atom is 0.146 e. The van der Waals surface area contributed by atoms with Crippen molar-refractivity contribution in [1.29, 1.82) is 0 Å². The van der Waals surface area contributed by atoms with Crippen molar-refractivity contribution >= 4 is 28.4 Å². The van der Waals surface area contributed by atoms with Crippen LogP contribution >= 0.6 is 15.9 Å². The summed E-state index contributed by atoms with van der Waals surface area (Å²) in [5.41, 5.74) is 0.593. The van der Waals surface area contributed by atoms with Gasteiger partial charge in [0.15, 0.2) is 0 Å². The molecular formula is C12H9BrN2O2. The minimum atomic E-state index is 0.158. The van der Waals surface area contributed by atoms with E-state index in [2.05, 4.69) is 26.1 Å². The van der Waals surface area contributed by atoms with Gasteiger partial charge in [-0.3, -0.25) is 0 Å². The molecule has 0 fully saturated rings. The molecule has 0 aliphatic carbocycles. The zero-order valence-electron chi connectivity index (χ0n) is 8.75. The van der Waals surface area contributed by atoms with E-state index < -0.39 is 0 Å². The molecule has 1 N–H and O–H groups in total. The summed E-state index contributed by atoms with van der Waals surface area (Å²) >= 11 is 3.31. The molecule has 4 nitrogen and oxygen atoms in total. The van der Waals surface area contributed by atoms with E-state index in [0.717, 1.165) is 4.47 Å². The number of phenols is 1. The van der Waals surface area contributed by atoms with E-state index in [0.29, 0.717) is 11.3 Å². The van der Waals surface area contributed by atoms with E-state index in [1.807, 2.05) is 0 Å². The van der Waals surface area contributed by atoms with Crippen molar-refractivity contribution in [3.05, 3.63) is 52.4 Å². The Morgan fingerprint density at radius 1 is 1.18 bits per heavy atom. The van der Waals surface area contributed by atoms with Gasteiger partial charge in [0.25, 0.3) is 0 Å². The molecule has 0 aliphatic heterocycles. The molecule has 0 atom stereocenters. The lowest BCUT2D eigenvalue weighted by atomic mass is 10.2. The Hall–Kier alpha value is -1.88. The molecule has 0 amide bonds. The van der Waals surface area contributed by atoms with Gasteiger partial charge in [-0.05, 0) is 30.3 Å². The van der Waals surface area contributed by atoms with E-state index in [-0.39, 0.29) is 5.75 Å². The Bertz CT molecular complexity index is 548. The molecule has 2 aromatic rings. The molecule has 0 bridgehead atoms. The molecule has 0 unspecified atom stereocenters. The fourth-order valence-corrected chi connectivity index (χ4v) is 1.56. The summed E-state index contributed by atoms with van der Waals surface area (Å²) in [6.45, 7) is 0. The number of halogens is 1. The predicted molar refractivity (Wildman–Crippen MR) is 69.7 cm³/mol. The van der Waals surface area contributed by atoms with Crippen LogP contribution < -0.4 is 0 Å². The number of hydrogen-bond acceptors (Lipinski definition) is 4. The van der Waals surface area contributed by atoms with Crippen molar-refractivity contribution in [3.8, 4) is 5.75 Å². The second-order valence-corrected chi connectivity index (χ2v) is 4.12. The van der Waals surface area contributed by atoms with Crippen molar-refractivity contribution in [2.45, 2.75) is 0 Å². The first kappa shape index (κ1) is 11.6. The molecule has 0 saturated heterocycles. The van der Waals surface area contributed by atoms with Crippen molar-refractivity contribution in [2.24, 2.45) is 10.2 Å². The molecule has 0 radical (unpaired) electrons. The van der Waals surface area contributed by atoms with Crippen LogP contribution in [0.1, 0.15) is 11.3 Å². The van der Waals surface area contributed by atoms with Gasteiger partial charge in [0, 0.05) is 10.0 Å². The largest absolute Gasteiger partial charge is 0.507 e. The fraction of sp³-hybridized carbons (Fsp3) is 0. The highest BCUT2D eigenvalue weighted by atomic mass is 79.9. The standard InChI is InChI=1S/C12H9BrN2O2/c13-10-3-4-12(16)9(6-10)7-14-15-8-11-2-1-5-17-11/h1-8,16H/b14-7+,15-8-. The first-order valence-corrected chi connectivity index (χ1v) is 5.63. The normalized spacial score (nSPS) is 11.6. The summed E-state index contributed by atoms with van der Waals surface area (Å²) in [6, 6.07) is 8.63. The van der Waals surface area contributed by atoms with Gasteiger partial charge in [-0.2, -0.15) is 10.2 Å². The lowest BCUT2D eigenvalue weighted by Gasteiger charge is -1.97. The molecule has 1 aromatic carbocycles. The Kier molecular flexibility index (Phi) is 3.72. The number of nitrogens with zero attached hydrogens (tertiary/aromatic N) is 2. The van der Waals surface area contributed by atoms with Crippen LogP contribution in [-0.4, -0.2) is 17.5 Å². The van der Waals surface area contributed by atoms with Crippen LogP contribution in [0.3, 0.4) is 0 Å².